The topological polar surface area (TPSA) is 180 Å². The van der Waals surface area contributed by atoms with Gasteiger partial charge in [-0.05, 0) is 38.0 Å². The lowest BCUT2D eigenvalue weighted by Crippen LogP contribution is -2.29. The number of esters is 2. The van der Waals surface area contributed by atoms with Crippen molar-refractivity contribution >= 4 is 19.8 Å². The van der Waals surface area contributed by atoms with E-state index in [0.717, 1.165) is 38.5 Å². The lowest BCUT2D eigenvalue weighted by Gasteiger charge is -2.19. The summed E-state index contributed by atoms with van der Waals surface area (Å²) < 4.78 is 26.1. The molecule has 0 amide bonds. The summed E-state index contributed by atoms with van der Waals surface area (Å²) in [6, 6.07) is 0. The second-order valence-electron chi connectivity index (χ2n) is 12.1. The van der Waals surface area contributed by atoms with E-state index < -0.39 is 50.8 Å². The number of carbonyl (C=O) groups is 2. The molecule has 1 aliphatic carbocycles. The van der Waals surface area contributed by atoms with Crippen molar-refractivity contribution in [3.8, 4) is 0 Å². The van der Waals surface area contributed by atoms with Gasteiger partial charge in [-0.25, -0.2) is 4.57 Å². The van der Waals surface area contributed by atoms with E-state index in [1.807, 2.05) is 18.2 Å². The maximum Gasteiger partial charge on any atom is 0.469 e. The number of aliphatic hydroxyl groups excluding tert-OH is 3. The van der Waals surface area contributed by atoms with Crippen LogP contribution in [0.15, 0.2) is 24.3 Å². The molecule has 1 aliphatic rings. The number of allylic oxidation sites excluding steroid dienone is 2. The third-order valence-corrected chi connectivity index (χ3v) is 8.53. The summed E-state index contributed by atoms with van der Waals surface area (Å²) in [5.74, 6) is -1.50. The minimum absolute atomic E-state index is 0.0365. The Morgan fingerprint density at radius 2 is 1.49 bits per heavy atom. The molecule has 0 radical (unpaired) electrons. The molecule has 0 aliphatic heterocycles. The molecule has 0 saturated heterocycles. The average molecular weight is 663 g/mol. The third-order valence-electron chi connectivity index (χ3n) is 8.04. The van der Waals surface area contributed by atoms with Gasteiger partial charge in [-0.15, -0.1) is 0 Å². The van der Waals surface area contributed by atoms with Gasteiger partial charge in [0, 0.05) is 25.2 Å². The number of ether oxygens (including phenoxy) is 2. The zero-order chi connectivity index (χ0) is 33.5. The standard InChI is InChI=1S/C33H59O11P/c1-3-5-7-8-9-10-15-19-32(37)42-24-27(25-43-45(39,40)41)44-33(38)20-16-12-11-14-18-28-29(31(36)23-30(28)35)22-21-26(34)17-13-6-4-2/h11,14,21-22,26-31,34-36H,3-10,12-13,15-20,23-25H2,1-2H3,(H2,39,40,41)/b14-11+,22-21+/t26-,27+,28+,29+,30-,31+/m0/s1. The molecular formula is C33H59O11P. The van der Waals surface area contributed by atoms with Crippen LogP contribution in [0.1, 0.15) is 123 Å². The van der Waals surface area contributed by atoms with Gasteiger partial charge in [0.1, 0.15) is 6.61 Å². The Morgan fingerprint density at radius 3 is 2.18 bits per heavy atom. The Balaban J connectivity index is 2.44. The third kappa shape index (κ3) is 21.0. The minimum atomic E-state index is -4.81. The molecule has 0 bridgehead atoms. The molecule has 1 rings (SSSR count). The van der Waals surface area contributed by atoms with Crippen molar-refractivity contribution in [3.05, 3.63) is 24.3 Å². The lowest BCUT2D eigenvalue weighted by atomic mass is 9.89. The number of aliphatic hydroxyl groups is 3. The molecule has 0 spiro atoms. The van der Waals surface area contributed by atoms with Crippen molar-refractivity contribution in [2.75, 3.05) is 13.2 Å². The van der Waals surface area contributed by atoms with E-state index in [9.17, 15) is 29.5 Å². The van der Waals surface area contributed by atoms with Gasteiger partial charge in [-0.3, -0.25) is 14.1 Å². The Labute approximate surface area is 269 Å². The molecule has 1 fully saturated rings. The summed E-state index contributed by atoms with van der Waals surface area (Å²) in [5.41, 5.74) is 0. The van der Waals surface area contributed by atoms with E-state index in [0.29, 0.717) is 32.1 Å². The summed E-state index contributed by atoms with van der Waals surface area (Å²) >= 11 is 0. The van der Waals surface area contributed by atoms with Crippen molar-refractivity contribution in [1.82, 2.24) is 0 Å². The van der Waals surface area contributed by atoms with Crippen LogP contribution in [0.25, 0.3) is 0 Å². The minimum Gasteiger partial charge on any atom is -0.462 e. The van der Waals surface area contributed by atoms with Crippen molar-refractivity contribution < 1.29 is 53.3 Å². The zero-order valence-corrected chi connectivity index (χ0v) is 28.2. The lowest BCUT2D eigenvalue weighted by molar-refractivity contribution is -0.161. The van der Waals surface area contributed by atoms with Gasteiger partial charge in [0.15, 0.2) is 6.10 Å². The van der Waals surface area contributed by atoms with Crippen LogP contribution in [0.4, 0.5) is 0 Å². The summed E-state index contributed by atoms with van der Waals surface area (Å²) in [4.78, 5) is 42.6. The van der Waals surface area contributed by atoms with Crippen molar-refractivity contribution in [2.24, 2.45) is 11.8 Å². The first-order chi connectivity index (χ1) is 21.5. The molecule has 262 valence electrons. The fraction of sp³-hybridized carbons (Fsp3) is 0.818. The average Bonchev–Trinajstić information content (AvgIpc) is 3.25. The molecule has 11 nitrogen and oxygen atoms in total. The molecule has 0 aromatic rings. The van der Waals surface area contributed by atoms with Gasteiger partial charge in [-0.2, -0.15) is 0 Å². The first-order valence-corrected chi connectivity index (χ1v) is 18.4. The predicted molar refractivity (Wildman–Crippen MR) is 172 cm³/mol. The first-order valence-electron chi connectivity index (χ1n) is 16.9. The molecule has 0 aromatic heterocycles. The molecule has 45 heavy (non-hydrogen) atoms. The predicted octanol–water partition coefficient (Wildman–Crippen LogP) is 5.66. The SMILES string of the molecule is CCCCCCCCCC(=O)OC[C@H](COP(=O)(O)O)OC(=O)CCC/C=C/C[C@@H]1[C@@H](/C=C/[C@@H](O)CCCCC)[C@H](O)C[C@@H]1O. The van der Waals surface area contributed by atoms with Crippen LogP contribution >= 0.6 is 7.82 Å². The highest BCUT2D eigenvalue weighted by Gasteiger charge is 2.39. The Kier molecular flexibility index (Phi) is 22.6. The number of unbranched alkanes of at least 4 members (excludes halogenated alkanes) is 9. The second-order valence-corrected chi connectivity index (χ2v) is 13.4. The number of rotatable bonds is 26. The van der Waals surface area contributed by atoms with E-state index in [1.54, 1.807) is 6.08 Å². The molecule has 5 N–H and O–H groups in total. The van der Waals surface area contributed by atoms with Crippen LogP contribution in [0.2, 0.25) is 0 Å². The number of phosphoric acid groups is 1. The normalized spacial score (nSPS) is 21.8. The van der Waals surface area contributed by atoms with Crippen LogP contribution < -0.4 is 0 Å². The van der Waals surface area contributed by atoms with Crippen LogP contribution in [0.3, 0.4) is 0 Å². The number of hydrogen-bond acceptors (Lipinski definition) is 9. The monoisotopic (exact) mass is 662 g/mol. The van der Waals surface area contributed by atoms with E-state index in [-0.39, 0.29) is 37.7 Å². The summed E-state index contributed by atoms with van der Waals surface area (Å²) in [5, 5.41) is 31.1. The molecule has 0 aromatic carbocycles. The highest BCUT2D eigenvalue weighted by atomic mass is 31.2. The van der Waals surface area contributed by atoms with E-state index in [4.69, 9.17) is 19.3 Å². The molecule has 1 saturated carbocycles. The molecule has 0 unspecified atom stereocenters. The fourth-order valence-electron chi connectivity index (χ4n) is 5.42. The molecular weight excluding hydrogens is 603 g/mol. The van der Waals surface area contributed by atoms with Crippen LogP contribution in [0, 0.1) is 11.8 Å². The number of hydrogen-bond donors (Lipinski definition) is 5. The highest BCUT2D eigenvalue weighted by molar-refractivity contribution is 7.46. The van der Waals surface area contributed by atoms with Crippen molar-refractivity contribution in [2.45, 2.75) is 147 Å². The Bertz CT molecular complexity index is 903. The van der Waals surface area contributed by atoms with Gasteiger partial charge in [0.2, 0.25) is 0 Å². The van der Waals surface area contributed by atoms with Crippen LogP contribution in [-0.4, -0.2) is 74.7 Å². The largest absolute Gasteiger partial charge is 0.469 e. The fourth-order valence-corrected chi connectivity index (χ4v) is 5.78. The van der Waals surface area contributed by atoms with Crippen LogP contribution in [0.5, 0.6) is 0 Å². The Hall–Kier alpha value is -1.59. The summed E-state index contributed by atoms with van der Waals surface area (Å²) in [7, 11) is -4.81. The number of phosphoric ester groups is 1. The highest BCUT2D eigenvalue weighted by Crippen LogP contribution is 2.37. The van der Waals surface area contributed by atoms with Gasteiger partial charge >= 0.3 is 19.8 Å². The molecule has 0 heterocycles. The molecule has 6 atom stereocenters. The van der Waals surface area contributed by atoms with Gasteiger partial charge in [0.05, 0.1) is 24.9 Å². The van der Waals surface area contributed by atoms with E-state index in [1.165, 1.54) is 19.3 Å². The quantitative estimate of drug-likeness (QED) is 0.0334. The van der Waals surface area contributed by atoms with Crippen LogP contribution in [-0.2, 0) is 28.2 Å². The van der Waals surface area contributed by atoms with Crippen molar-refractivity contribution in [3.63, 3.8) is 0 Å². The van der Waals surface area contributed by atoms with E-state index in [2.05, 4.69) is 18.4 Å². The second kappa shape index (κ2) is 24.6. The zero-order valence-electron chi connectivity index (χ0n) is 27.3. The van der Waals surface area contributed by atoms with Gasteiger partial charge in [-0.1, -0.05) is 95.9 Å². The number of carbonyl (C=O) groups excluding carboxylic acids is 2. The smallest absolute Gasteiger partial charge is 0.462 e. The van der Waals surface area contributed by atoms with Gasteiger partial charge < -0.3 is 34.6 Å². The van der Waals surface area contributed by atoms with Crippen molar-refractivity contribution in [1.29, 1.82) is 0 Å². The summed E-state index contributed by atoms with van der Waals surface area (Å²) in [6.45, 7) is 3.29. The Morgan fingerprint density at radius 1 is 0.844 bits per heavy atom. The van der Waals surface area contributed by atoms with Gasteiger partial charge in [0.25, 0.3) is 0 Å². The maximum atomic E-state index is 12.4. The summed E-state index contributed by atoms with van der Waals surface area (Å²) in [6.07, 6.45) is 17.5. The maximum absolute atomic E-state index is 12.4. The first kappa shape index (κ1) is 41.4. The van der Waals surface area contributed by atoms with E-state index >= 15 is 0 Å². The molecule has 12 heteroatoms.